The van der Waals surface area contributed by atoms with Crippen molar-refractivity contribution in [1.29, 1.82) is 0 Å². The van der Waals surface area contributed by atoms with Crippen molar-refractivity contribution in [3.63, 3.8) is 0 Å². The molecular formula is C15H14N4O4S. The summed E-state index contributed by atoms with van der Waals surface area (Å²) in [5.74, 6) is -1.79. The lowest BCUT2D eigenvalue weighted by Gasteiger charge is -2.14. The molecule has 8 nitrogen and oxygen atoms in total. The van der Waals surface area contributed by atoms with Gasteiger partial charge in [0.15, 0.2) is 0 Å². The van der Waals surface area contributed by atoms with Crippen LogP contribution in [0.4, 0.5) is 0 Å². The maximum Gasteiger partial charge on any atom is 0.268 e. The fourth-order valence-electron chi connectivity index (χ4n) is 3.15. The Balaban J connectivity index is 1.69. The van der Waals surface area contributed by atoms with Gasteiger partial charge in [-0.1, -0.05) is 0 Å². The number of hydrogen-bond acceptors (Lipinski definition) is 6. The zero-order chi connectivity index (χ0) is 16.8. The van der Waals surface area contributed by atoms with Crippen LogP contribution in [0.2, 0.25) is 0 Å². The van der Waals surface area contributed by atoms with Crippen LogP contribution in [0.3, 0.4) is 0 Å². The molecule has 1 saturated heterocycles. The van der Waals surface area contributed by atoms with E-state index in [9.17, 15) is 19.2 Å². The Hall–Kier alpha value is -2.55. The number of hydrazine groups is 1. The van der Waals surface area contributed by atoms with Gasteiger partial charge in [-0.25, -0.2) is 4.98 Å². The predicted octanol–water partition coefficient (Wildman–Crippen LogP) is 0.127. The van der Waals surface area contributed by atoms with Crippen LogP contribution in [0.25, 0.3) is 10.2 Å². The van der Waals surface area contributed by atoms with Gasteiger partial charge in [0.1, 0.15) is 17.8 Å². The fourth-order valence-corrected chi connectivity index (χ4v) is 4.37. The number of aryl methyl sites for hydroxylation is 2. The first-order valence-electron chi connectivity index (χ1n) is 7.69. The highest BCUT2D eigenvalue weighted by Crippen LogP contribution is 2.33. The number of amides is 3. The molecular weight excluding hydrogens is 332 g/mol. The molecule has 1 N–H and O–H groups in total. The summed E-state index contributed by atoms with van der Waals surface area (Å²) in [5.41, 5.74) is 2.96. The van der Waals surface area contributed by atoms with E-state index in [0.717, 1.165) is 31.2 Å². The first-order chi connectivity index (χ1) is 11.5. The summed E-state index contributed by atoms with van der Waals surface area (Å²) in [5, 5.41) is 1.25. The molecule has 0 bridgehead atoms. The van der Waals surface area contributed by atoms with Crippen LogP contribution < -0.4 is 11.0 Å². The molecule has 2 aromatic rings. The highest BCUT2D eigenvalue weighted by atomic mass is 32.1. The summed E-state index contributed by atoms with van der Waals surface area (Å²) >= 11 is 1.54. The van der Waals surface area contributed by atoms with E-state index < -0.39 is 17.7 Å². The normalized spacial score (nSPS) is 17.2. The van der Waals surface area contributed by atoms with Gasteiger partial charge < -0.3 is 0 Å². The van der Waals surface area contributed by atoms with Crippen molar-refractivity contribution in [3.05, 3.63) is 27.1 Å². The van der Waals surface area contributed by atoms with Gasteiger partial charge in [0.25, 0.3) is 17.4 Å². The van der Waals surface area contributed by atoms with Crippen LogP contribution in [-0.2, 0) is 33.8 Å². The summed E-state index contributed by atoms with van der Waals surface area (Å²) in [6.07, 6.45) is 4.94. The summed E-state index contributed by atoms with van der Waals surface area (Å²) in [6, 6.07) is 0. The Bertz CT molecular complexity index is 945. The second-order valence-electron chi connectivity index (χ2n) is 5.90. The number of aromatic nitrogens is 2. The quantitative estimate of drug-likeness (QED) is 0.779. The van der Waals surface area contributed by atoms with Crippen LogP contribution in [-0.4, -0.2) is 32.3 Å². The number of fused-ring (bicyclic) bond motifs is 3. The van der Waals surface area contributed by atoms with Crippen molar-refractivity contribution in [1.82, 2.24) is 20.0 Å². The molecule has 2 aromatic heterocycles. The van der Waals surface area contributed by atoms with Crippen molar-refractivity contribution < 1.29 is 14.4 Å². The average Bonchev–Trinajstić information content (AvgIpc) is 3.10. The van der Waals surface area contributed by atoms with E-state index >= 15 is 0 Å². The van der Waals surface area contributed by atoms with E-state index in [1.807, 2.05) is 0 Å². The van der Waals surface area contributed by atoms with Crippen LogP contribution in [0, 0.1) is 0 Å². The number of rotatable bonds is 2. The van der Waals surface area contributed by atoms with Crippen molar-refractivity contribution in [2.24, 2.45) is 0 Å². The van der Waals surface area contributed by atoms with E-state index in [4.69, 9.17) is 0 Å². The van der Waals surface area contributed by atoms with E-state index in [1.54, 1.807) is 0 Å². The van der Waals surface area contributed by atoms with Gasteiger partial charge >= 0.3 is 0 Å². The summed E-state index contributed by atoms with van der Waals surface area (Å²) < 4.78 is 1.20. The van der Waals surface area contributed by atoms with E-state index in [2.05, 4.69) is 10.4 Å². The third kappa shape index (κ3) is 2.32. The molecule has 124 valence electrons. The predicted molar refractivity (Wildman–Crippen MR) is 85.1 cm³/mol. The van der Waals surface area contributed by atoms with Gasteiger partial charge in [0.05, 0.1) is 11.7 Å². The Morgan fingerprint density at radius 2 is 2.04 bits per heavy atom. The third-order valence-electron chi connectivity index (χ3n) is 4.29. The minimum atomic E-state index is -0.654. The highest BCUT2D eigenvalue weighted by Gasteiger charge is 2.32. The summed E-state index contributed by atoms with van der Waals surface area (Å²) in [4.78, 5) is 53.9. The lowest BCUT2D eigenvalue weighted by atomic mass is 9.97. The lowest BCUT2D eigenvalue weighted by molar-refractivity contribution is -0.146. The first-order valence-corrected chi connectivity index (χ1v) is 8.51. The average molecular weight is 346 g/mol. The monoisotopic (exact) mass is 346 g/mol. The van der Waals surface area contributed by atoms with Crippen LogP contribution in [0.1, 0.15) is 29.7 Å². The maximum absolute atomic E-state index is 12.7. The van der Waals surface area contributed by atoms with Crippen molar-refractivity contribution in [2.75, 3.05) is 0 Å². The molecule has 3 amide bonds. The van der Waals surface area contributed by atoms with Crippen molar-refractivity contribution in [3.8, 4) is 0 Å². The summed E-state index contributed by atoms with van der Waals surface area (Å²) in [7, 11) is 0. The van der Waals surface area contributed by atoms with Gasteiger partial charge in [-0.05, 0) is 31.2 Å². The Morgan fingerprint density at radius 1 is 1.25 bits per heavy atom. The number of nitrogens with one attached hydrogen (secondary N) is 1. The molecule has 4 rings (SSSR count). The minimum Gasteiger partial charge on any atom is -0.289 e. The number of nitrogens with zero attached hydrogens (tertiary/aromatic N) is 3. The van der Waals surface area contributed by atoms with Gasteiger partial charge in [0.2, 0.25) is 5.91 Å². The minimum absolute atomic E-state index is 0.272. The molecule has 1 aliphatic carbocycles. The number of carbonyl (C=O) groups excluding carboxylic acids is 3. The second kappa shape index (κ2) is 5.52. The van der Waals surface area contributed by atoms with Crippen LogP contribution >= 0.6 is 11.3 Å². The maximum atomic E-state index is 12.7. The number of carbonyl (C=O) groups is 3. The molecule has 0 atom stereocenters. The number of imide groups is 1. The van der Waals surface area contributed by atoms with E-state index in [-0.39, 0.29) is 18.5 Å². The largest absolute Gasteiger partial charge is 0.289 e. The number of thiophene rings is 1. The van der Waals surface area contributed by atoms with Crippen molar-refractivity contribution in [2.45, 2.75) is 38.6 Å². The number of hydrogen-bond donors (Lipinski definition) is 1. The topological polar surface area (TPSA) is 101 Å². The lowest BCUT2D eigenvalue weighted by Crippen LogP contribution is -2.44. The SMILES string of the molecule is O=C1CC(=O)N(C(=O)Cn2cnc3sc4c(c3c2=O)CCCC4)N1. The molecule has 0 spiro atoms. The van der Waals surface area contributed by atoms with Gasteiger partial charge in [-0.15, -0.1) is 11.3 Å². The Morgan fingerprint density at radius 3 is 2.79 bits per heavy atom. The highest BCUT2D eigenvalue weighted by molar-refractivity contribution is 7.18. The van der Waals surface area contributed by atoms with E-state index in [1.165, 1.54) is 27.1 Å². The van der Waals surface area contributed by atoms with Gasteiger partial charge in [0, 0.05) is 4.88 Å². The molecule has 2 aliphatic rings. The molecule has 0 saturated carbocycles. The molecule has 0 aromatic carbocycles. The molecule has 0 unspecified atom stereocenters. The smallest absolute Gasteiger partial charge is 0.268 e. The van der Waals surface area contributed by atoms with Gasteiger partial charge in [-0.3, -0.25) is 29.2 Å². The van der Waals surface area contributed by atoms with Crippen LogP contribution in [0.5, 0.6) is 0 Å². The van der Waals surface area contributed by atoms with Crippen LogP contribution in [0.15, 0.2) is 11.1 Å². The molecule has 9 heteroatoms. The molecule has 1 aliphatic heterocycles. The molecule has 0 radical (unpaired) electrons. The molecule has 24 heavy (non-hydrogen) atoms. The molecule has 3 heterocycles. The Labute approximate surface area is 140 Å². The summed E-state index contributed by atoms with van der Waals surface area (Å²) in [6.45, 7) is -0.335. The van der Waals surface area contributed by atoms with Crippen molar-refractivity contribution >= 4 is 39.3 Å². The fraction of sp³-hybridized carbons (Fsp3) is 0.400. The van der Waals surface area contributed by atoms with E-state index in [0.29, 0.717) is 15.2 Å². The second-order valence-corrected chi connectivity index (χ2v) is 6.99. The Kier molecular flexibility index (Phi) is 3.45. The van der Waals surface area contributed by atoms with Gasteiger partial charge in [-0.2, -0.15) is 5.01 Å². The molecule has 1 fully saturated rings. The standard InChI is InChI=1S/C15H14N4O4S/c20-10-5-11(21)19(17-10)12(22)6-18-7-16-14-13(15(18)23)8-3-1-2-4-9(8)24-14/h7H,1-6H2,(H,17,20). The zero-order valence-corrected chi connectivity index (χ0v) is 13.5. The zero-order valence-electron chi connectivity index (χ0n) is 12.7. The third-order valence-corrected chi connectivity index (χ3v) is 5.49. The first kappa shape index (κ1) is 15.0.